The van der Waals surface area contributed by atoms with Crippen molar-refractivity contribution in [1.82, 2.24) is 20.1 Å². The fourth-order valence-corrected chi connectivity index (χ4v) is 4.33. The molecule has 28 heavy (non-hydrogen) atoms. The maximum Gasteiger partial charge on any atom is 0.269 e. The zero-order valence-electron chi connectivity index (χ0n) is 15.6. The quantitative estimate of drug-likeness (QED) is 0.495. The van der Waals surface area contributed by atoms with E-state index in [0.29, 0.717) is 23.7 Å². The van der Waals surface area contributed by atoms with Gasteiger partial charge in [-0.25, -0.2) is 13.4 Å². The molecule has 1 aromatic carbocycles. The van der Waals surface area contributed by atoms with Gasteiger partial charge in [0.1, 0.15) is 4.90 Å². The number of hydrogen-bond acceptors (Lipinski definition) is 6. The van der Waals surface area contributed by atoms with Gasteiger partial charge in [0, 0.05) is 24.8 Å². The Labute approximate surface area is 168 Å². The number of amides is 2. The molecule has 1 heterocycles. The van der Waals surface area contributed by atoms with Crippen LogP contribution in [-0.2, 0) is 14.8 Å². The average molecular weight is 423 g/mol. The molecule has 1 aromatic heterocycles. The maximum atomic E-state index is 12.4. The van der Waals surface area contributed by atoms with Gasteiger partial charge in [-0.3, -0.25) is 20.4 Å². The van der Waals surface area contributed by atoms with E-state index in [1.165, 1.54) is 16.6 Å². The maximum absolute atomic E-state index is 12.4. The number of nitrogens with zero attached hydrogens (tertiary/aromatic N) is 2. The zero-order chi connectivity index (χ0) is 20.6. The number of hydrazine groups is 1. The molecule has 8 nitrogen and oxygen atoms in total. The highest BCUT2D eigenvalue weighted by Crippen LogP contribution is 2.19. The van der Waals surface area contributed by atoms with Crippen LogP contribution in [0.25, 0.3) is 0 Å². The van der Waals surface area contributed by atoms with Crippen LogP contribution in [-0.4, -0.2) is 48.4 Å². The molecule has 0 aliphatic rings. The minimum atomic E-state index is -3.56. The summed E-state index contributed by atoms with van der Waals surface area (Å²) in [6, 6.07) is 11.5. The highest BCUT2D eigenvalue weighted by atomic mass is 32.2. The van der Waals surface area contributed by atoms with E-state index in [1.54, 1.807) is 50.2 Å². The first-order valence-corrected chi connectivity index (χ1v) is 11.0. The van der Waals surface area contributed by atoms with Crippen molar-refractivity contribution < 1.29 is 18.0 Å². The number of sulfonamides is 1. The predicted molar refractivity (Wildman–Crippen MR) is 107 cm³/mol. The van der Waals surface area contributed by atoms with Gasteiger partial charge in [-0.1, -0.05) is 43.8 Å². The van der Waals surface area contributed by atoms with Crippen LogP contribution in [0.1, 0.15) is 24.2 Å². The van der Waals surface area contributed by atoms with Crippen molar-refractivity contribution in [1.29, 1.82) is 0 Å². The van der Waals surface area contributed by atoms with Crippen molar-refractivity contribution in [2.24, 2.45) is 0 Å². The molecule has 2 N–H and O–H groups in total. The van der Waals surface area contributed by atoms with Gasteiger partial charge >= 0.3 is 0 Å². The molecule has 0 spiro atoms. The summed E-state index contributed by atoms with van der Waals surface area (Å²) < 4.78 is 26.2. The summed E-state index contributed by atoms with van der Waals surface area (Å²) in [5.74, 6) is -0.802. The number of thioether (sulfide) groups is 1. The summed E-state index contributed by atoms with van der Waals surface area (Å²) in [6.07, 6.45) is 1.28. The Morgan fingerprint density at radius 1 is 1.04 bits per heavy atom. The molecule has 0 radical (unpaired) electrons. The van der Waals surface area contributed by atoms with Crippen molar-refractivity contribution in [2.45, 2.75) is 23.8 Å². The Balaban J connectivity index is 1.86. The van der Waals surface area contributed by atoms with Gasteiger partial charge in [-0.2, -0.15) is 4.31 Å². The van der Waals surface area contributed by atoms with Crippen molar-refractivity contribution in [2.75, 3.05) is 18.8 Å². The van der Waals surface area contributed by atoms with Crippen LogP contribution in [0.2, 0.25) is 0 Å². The minimum absolute atomic E-state index is 0.0181. The number of hydrogen-bond donors (Lipinski definition) is 2. The van der Waals surface area contributed by atoms with E-state index in [9.17, 15) is 18.0 Å². The lowest BCUT2D eigenvalue weighted by Crippen LogP contribution is -2.42. The van der Waals surface area contributed by atoms with Crippen molar-refractivity contribution in [3.8, 4) is 0 Å². The molecular formula is C18H22N4O4S2. The Bertz CT molecular complexity index is 899. The highest BCUT2D eigenvalue weighted by Gasteiger charge is 2.21. The minimum Gasteiger partial charge on any atom is -0.272 e. The molecular weight excluding hydrogens is 400 g/mol. The van der Waals surface area contributed by atoms with Gasteiger partial charge in [0.2, 0.25) is 15.9 Å². The molecule has 0 aliphatic heterocycles. The largest absolute Gasteiger partial charge is 0.272 e. The Morgan fingerprint density at radius 3 is 2.29 bits per heavy atom. The van der Waals surface area contributed by atoms with Crippen molar-refractivity contribution >= 4 is 33.6 Å². The van der Waals surface area contributed by atoms with E-state index in [1.807, 2.05) is 0 Å². The summed E-state index contributed by atoms with van der Waals surface area (Å²) >= 11 is 1.13. The molecule has 0 saturated heterocycles. The van der Waals surface area contributed by atoms with E-state index in [4.69, 9.17) is 0 Å². The second-order valence-electron chi connectivity index (χ2n) is 5.58. The Kier molecular flexibility index (Phi) is 7.97. The molecule has 2 rings (SSSR count). The molecule has 0 aliphatic carbocycles. The standard InChI is InChI=1S/C18H22N4O4S2/c1-3-22(4-2)28(25,26)15-10-11-17(19-12-15)27-13-16(23)20-21-18(24)14-8-6-5-7-9-14/h5-12H,3-4,13H2,1-2H3,(H,20,23)(H,21,24). The summed E-state index contributed by atoms with van der Waals surface area (Å²) in [5.41, 5.74) is 5.09. The Hall–Kier alpha value is -2.43. The topological polar surface area (TPSA) is 108 Å². The molecule has 2 aromatic rings. The second kappa shape index (κ2) is 10.2. The monoisotopic (exact) mass is 422 g/mol. The van der Waals surface area contributed by atoms with Crippen molar-refractivity contribution in [3.63, 3.8) is 0 Å². The smallest absolute Gasteiger partial charge is 0.269 e. The molecule has 10 heteroatoms. The number of pyridine rings is 1. The van der Waals surface area contributed by atoms with Crippen LogP contribution in [0.15, 0.2) is 58.6 Å². The lowest BCUT2D eigenvalue weighted by atomic mass is 10.2. The number of aromatic nitrogens is 1. The van der Waals surface area contributed by atoms with Crippen LogP contribution in [0.3, 0.4) is 0 Å². The predicted octanol–water partition coefficient (Wildman–Crippen LogP) is 1.67. The summed E-state index contributed by atoms with van der Waals surface area (Å²) in [5, 5.41) is 0.503. The molecule has 0 bridgehead atoms. The highest BCUT2D eigenvalue weighted by molar-refractivity contribution is 7.99. The average Bonchev–Trinajstić information content (AvgIpc) is 2.72. The fraction of sp³-hybridized carbons (Fsp3) is 0.278. The van der Waals surface area contributed by atoms with Crippen molar-refractivity contribution in [3.05, 3.63) is 54.2 Å². The van der Waals surface area contributed by atoms with Crippen LogP contribution in [0.5, 0.6) is 0 Å². The van der Waals surface area contributed by atoms with E-state index in [-0.39, 0.29) is 10.6 Å². The first-order valence-electron chi connectivity index (χ1n) is 8.61. The van der Waals surface area contributed by atoms with E-state index in [2.05, 4.69) is 15.8 Å². The number of benzene rings is 1. The third kappa shape index (κ3) is 5.78. The SMILES string of the molecule is CCN(CC)S(=O)(=O)c1ccc(SCC(=O)NNC(=O)c2ccccc2)nc1. The molecule has 0 unspecified atom stereocenters. The van der Waals surface area contributed by atoms with Gasteiger partial charge in [0.25, 0.3) is 5.91 Å². The van der Waals surface area contributed by atoms with Gasteiger partial charge in [0.05, 0.1) is 10.8 Å². The number of carbonyl (C=O) groups excluding carboxylic acids is 2. The third-order valence-electron chi connectivity index (χ3n) is 3.75. The van der Waals surface area contributed by atoms with Gasteiger partial charge in [0.15, 0.2) is 0 Å². The van der Waals surface area contributed by atoms with Gasteiger partial charge < -0.3 is 0 Å². The number of rotatable bonds is 8. The zero-order valence-corrected chi connectivity index (χ0v) is 17.2. The summed E-state index contributed by atoms with van der Waals surface area (Å²) in [4.78, 5) is 27.9. The lowest BCUT2D eigenvalue weighted by molar-refractivity contribution is -0.119. The molecule has 150 valence electrons. The first-order chi connectivity index (χ1) is 13.4. The normalized spacial score (nSPS) is 11.2. The van der Waals surface area contributed by atoms with Crippen LogP contribution >= 0.6 is 11.8 Å². The second-order valence-corrected chi connectivity index (χ2v) is 8.51. The third-order valence-corrected chi connectivity index (χ3v) is 6.73. The molecule has 0 saturated carbocycles. The molecule has 2 amide bonds. The summed E-state index contributed by atoms with van der Waals surface area (Å²) in [7, 11) is -3.56. The fourth-order valence-electron chi connectivity index (χ4n) is 2.28. The first kappa shape index (κ1) is 21.9. The van der Waals surface area contributed by atoms with Crippen LogP contribution in [0, 0.1) is 0 Å². The lowest BCUT2D eigenvalue weighted by Gasteiger charge is -2.18. The van der Waals surface area contributed by atoms with Crippen LogP contribution < -0.4 is 10.9 Å². The molecule has 0 atom stereocenters. The van der Waals surface area contributed by atoms with Gasteiger partial charge in [-0.15, -0.1) is 0 Å². The van der Waals surface area contributed by atoms with E-state index < -0.39 is 21.8 Å². The number of nitrogens with one attached hydrogen (secondary N) is 2. The van der Waals surface area contributed by atoms with Gasteiger partial charge in [-0.05, 0) is 24.3 Å². The summed E-state index contributed by atoms with van der Waals surface area (Å²) in [6.45, 7) is 4.30. The van der Waals surface area contributed by atoms with E-state index >= 15 is 0 Å². The Morgan fingerprint density at radius 2 is 1.71 bits per heavy atom. The number of carbonyl (C=O) groups is 2. The molecule has 0 fully saturated rings. The van der Waals surface area contributed by atoms with Crippen LogP contribution in [0.4, 0.5) is 0 Å². The van der Waals surface area contributed by atoms with E-state index in [0.717, 1.165) is 11.8 Å².